The highest BCUT2D eigenvalue weighted by atomic mass is 16.2. The van der Waals surface area contributed by atoms with Gasteiger partial charge in [0.25, 0.3) is 0 Å². The van der Waals surface area contributed by atoms with Crippen molar-refractivity contribution in [3.63, 3.8) is 0 Å². The van der Waals surface area contributed by atoms with Crippen LogP contribution in [0.15, 0.2) is 0 Å². The predicted molar refractivity (Wildman–Crippen MR) is 82.6 cm³/mol. The zero-order valence-corrected chi connectivity index (χ0v) is 13.2. The summed E-state index contributed by atoms with van der Waals surface area (Å²) in [5.74, 6) is 0.633. The molecule has 4 nitrogen and oxygen atoms in total. The number of likely N-dealkylation sites (tertiary alicyclic amines) is 1. The molecule has 1 saturated carbocycles. The van der Waals surface area contributed by atoms with Crippen molar-refractivity contribution in [3.8, 4) is 0 Å². The van der Waals surface area contributed by atoms with Crippen LogP contribution in [0.4, 0.5) is 4.79 Å². The molecule has 1 atom stereocenters. The molecule has 1 saturated heterocycles. The van der Waals surface area contributed by atoms with Crippen LogP contribution in [0, 0.1) is 5.92 Å². The summed E-state index contributed by atoms with van der Waals surface area (Å²) in [5.41, 5.74) is 6.02. The number of carbonyl (C=O) groups is 1. The van der Waals surface area contributed by atoms with E-state index in [9.17, 15) is 4.79 Å². The van der Waals surface area contributed by atoms with Crippen molar-refractivity contribution in [3.05, 3.63) is 0 Å². The van der Waals surface area contributed by atoms with Gasteiger partial charge in [-0.25, -0.2) is 4.79 Å². The van der Waals surface area contributed by atoms with Crippen molar-refractivity contribution in [1.82, 2.24) is 9.80 Å². The Morgan fingerprint density at radius 1 is 1.35 bits per heavy atom. The predicted octanol–water partition coefficient (Wildman–Crippen LogP) is 2.82. The SMILES string of the molecule is CCCN(C(=O)N1CCCC(C)C1)C1(CN)CCCC1. The third kappa shape index (κ3) is 3.11. The summed E-state index contributed by atoms with van der Waals surface area (Å²) in [6.07, 6.45) is 7.98. The third-order valence-corrected chi connectivity index (χ3v) is 5.09. The van der Waals surface area contributed by atoms with Crippen LogP contribution < -0.4 is 5.73 Å². The monoisotopic (exact) mass is 281 g/mol. The number of nitrogens with two attached hydrogens (primary N) is 1. The van der Waals surface area contributed by atoms with Crippen LogP contribution in [0.25, 0.3) is 0 Å². The molecule has 20 heavy (non-hydrogen) atoms. The Balaban J connectivity index is 2.12. The molecule has 1 aliphatic carbocycles. The Hall–Kier alpha value is -0.770. The van der Waals surface area contributed by atoms with E-state index in [0.29, 0.717) is 12.5 Å². The van der Waals surface area contributed by atoms with Gasteiger partial charge in [-0.3, -0.25) is 0 Å². The number of rotatable bonds is 4. The summed E-state index contributed by atoms with van der Waals surface area (Å²) < 4.78 is 0. The normalized spacial score (nSPS) is 25.8. The third-order valence-electron chi connectivity index (χ3n) is 5.09. The Morgan fingerprint density at radius 2 is 2.05 bits per heavy atom. The van der Waals surface area contributed by atoms with Crippen molar-refractivity contribution >= 4 is 6.03 Å². The van der Waals surface area contributed by atoms with Gasteiger partial charge in [0.1, 0.15) is 0 Å². The van der Waals surface area contributed by atoms with Crippen LogP contribution >= 0.6 is 0 Å². The molecule has 4 heteroatoms. The molecule has 2 amide bonds. The van der Waals surface area contributed by atoms with Crippen molar-refractivity contribution in [2.75, 3.05) is 26.2 Å². The molecule has 2 fully saturated rings. The molecule has 1 heterocycles. The smallest absolute Gasteiger partial charge is 0.320 e. The fourth-order valence-corrected chi connectivity index (χ4v) is 3.91. The lowest BCUT2D eigenvalue weighted by atomic mass is 9.94. The lowest BCUT2D eigenvalue weighted by molar-refractivity contribution is 0.0780. The van der Waals surface area contributed by atoms with Crippen molar-refractivity contribution in [2.24, 2.45) is 11.7 Å². The van der Waals surface area contributed by atoms with Gasteiger partial charge in [-0.15, -0.1) is 0 Å². The van der Waals surface area contributed by atoms with Crippen LogP contribution in [0.3, 0.4) is 0 Å². The molecular formula is C16H31N3O. The van der Waals surface area contributed by atoms with Gasteiger partial charge in [-0.2, -0.15) is 0 Å². The maximum atomic E-state index is 13.0. The summed E-state index contributed by atoms with van der Waals surface area (Å²) in [4.78, 5) is 17.2. The molecular weight excluding hydrogens is 250 g/mol. The van der Waals surface area contributed by atoms with Gasteiger partial charge in [-0.05, 0) is 38.0 Å². The first-order valence-electron chi connectivity index (χ1n) is 8.39. The average molecular weight is 281 g/mol. The second-order valence-corrected chi connectivity index (χ2v) is 6.76. The van der Waals surface area contributed by atoms with Crippen LogP contribution in [0.5, 0.6) is 0 Å². The molecule has 116 valence electrons. The lowest BCUT2D eigenvalue weighted by Crippen LogP contribution is -2.59. The van der Waals surface area contributed by atoms with Gasteiger partial charge >= 0.3 is 6.03 Å². The fourth-order valence-electron chi connectivity index (χ4n) is 3.91. The second kappa shape index (κ2) is 6.79. The van der Waals surface area contributed by atoms with Gasteiger partial charge < -0.3 is 15.5 Å². The highest BCUT2D eigenvalue weighted by Gasteiger charge is 2.42. The molecule has 2 rings (SSSR count). The fraction of sp³-hybridized carbons (Fsp3) is 0.938. The number of nitrogens with zero attached hydrogens (tertiary/aromatic N) is 2. The number of urea groups is 1. The molecule has 0 spiro atoms. The standard InChI is InChI=1S/C16H31N3O/c1-3-10-19(16(13-17)8-4-5-9-16)15(20)18-11-6-7-14(2)12-18/h14H,3-13,17H2,1-2H3. The topological polar surface area (TPSA) is 49.6 Å². The molecule has 0 radical (unpaired) electrons. The van der Waals surface area contributed by atoms with Gasteiger partial charge in [0, 0.05) is 26.2 Å². The van der Waals surface area contributed by atoms with E-state index in [4.69, 9.17) is 5.73 Å². The molecule has 1 unspecified atom stereocenters. The number of amides is 2. The maximum Gasteiger partial charge on any atom is 0.320 e. The number of piperidine rings is 1. The number of carbonyl (C=O) groups excluding carboxylic acids is 1. The zero-order chi connectivity index (χ0) is 14.6. The molecule has 0 bridgehead atoms. The lowest BCUT2D eigenvalue weighted by Gasteiger charge is -2.44. The maximum absolute atomic E-state index is 13.0. The Kier molecular flexibility index (Phi) is 5.30. The quantitative estimate of drug-likeness (QED) is 0.861. The van der Waals surface area contributed by atoms with E-state index in [-0.39, 0.29) is 11.6 Å². The molecule has 2 aliphatic rings. The van der Waals surface area contributed by atoms with E-state index >= 15 is 0 Å². The first kappa shape index (κ1) is 15.6. The zero-order valence-electron chi connectivity index (χ0n) is 13.2. The van der Waals surface area contributed by atoms with Crippen LogP contribution in [0.2, 0.25) is 0 Å². The van der Waals surface area contributed by atoms with Crippen molar-refractivity contribution < 1.29 is 4.79 Å². The highest BCUT2D eigenvalue weighted by molar-refractivity contribution is 5.75. The van der Waals surface area contributed by atoms with E-state index in [1.54, 1.807) is 0 Å². The van der Waals surface area contributed by atoms with Crippen molar-refractivity contribution in [1.29, 1.82) is 0 Å². The van der Waals surface area contributed by atoms with E-state index in [2.05, 4.69) is 23.6 Å². The molecule has 0 aromatic rings. The van der Waals surface area contributed by atoms with Crippen LogP contribution in [-0.2, 0) is 0 Å². The molecule has 1 aliphatic heterocycles. The molecule has 0 aromatic heterocycles. The minimum atomic E-state index is -0.0617. The van der Waals surface area contributed by atoms with Gasteiger partial charge in [0.15, 0.2) is 0 Å². The van der Waals surface area contributed by atoms with Gasteiger partial charge in [0.05, 0.1) is 5.54 Å². The largest absolute Gasteiger partial charge is 0.328 e. The van der Waals surface area contributed by atoms with E-state index in [1.807, 2.05) is 0 Å². The van der Waals surface area contributed by atoms with Crippen LogP contribution in [-0.4, -0.2) is 47.5 Å². The molecule has 0 aromatic carbocycles. The van der Waals surface area contributed by atoms with E-state index in [1.165, 1.54) is 19.3 Å². The summed E-state index contributed by atoms with van der Waals surface area (Å²) in [6, 6.07) is 0.241. The van der Waals surface area contributed by atoms with Crippen LogP contribution in [0.1, 0.15) is 58.8 Å². The Bertz CT molecular complexity index is 326. The van der Waals surface area contributed by atoms with Crippen molar-refractivity contribution in [2.45, 2.75) is 64.3 Å². The first-order chi connectivity index (χ1) is 9.63. The Morgan fingerprint density at radius 3 is 2.60 bits per heavy atom. The number of hydrogen-bond donors (Lipinski definition) is 1. The minimum Gasteiger partial charge on any atom is -0.328 e. The summed E-state index contributed by atoms with van der Waals surface area (Å²) in [6.45, 7) is 7.70. The first-order valence-corrected chi connectivity index (χ1v) is 8.39. The Labute approximate surface area is 123 Å². The summed E-state index contributed by atoms with van der Waals surface area (Å²) in [7, 11) is 0. The van der Waals surface area contributed by atoms with Gasteiger partial charge in [-0.1, -0.05) is 26.7 Å². The summed E-state index contributed by atoms with van der Waals surface area (Å²) in [5, 5.41) is 0. The van der Waals surface area contributed by atoms with Gasteiger partial charge in [0.2, 0.25) is 0 Å². The second-order valence-electron chi connectivity index (χ2n) is 6.76. The average Bonchev–Trinajstić information content (AvgIpc) is 2.94. The molecule has 2 N–H and O–H groups in total. The summed E-state index contributed by atoms with van der Waals surface area (Å²) >= 11 is 0. The number of hydrogen-bond acceptors (Lipinski definition) is 2. The minimum absolute atomic E-state index is 0.0617. The van der Waals surface area contributed by atoms with E-state index < -0.39 is 0 Å². The highest BCUT2D eigenvalue weighted by Crippen LogP contribution is 2.35. The van der Waals surface area contributed by atoms with E-state index in [0.717, 1.165) is 45.3 Å².